The zero-order valence-electron chi connectivity index (χ0n) is 12.2. The fourth-order valence-corrected chi connectivity index (χ4v) is 2.32. The summed E-state index contributed by atoms with van der Waals surface area (Å²) >= 11 is 6.08. The molecule has 118 valence electrons. The fourth-order valence-electron chi connectivity index (χ4n) is 2.08. The van der Waals surface area contributed by atoms with Crippen molar-refractivity contribution in [3.05, 3.63) is 17.2 Å². The molecule has 1 unspecified atom stereocenters. The Balaban J connectivity index is 0.00000220. The number of hydrogen-bond acceptors (Lipinski definition) is 4. The summed E-state index contributed by atoms with van der Waals surface area (Å²) < 4.78 is 10.4. The van der Waals surface area contributed by atoms with Gasteiger partial charge < -0.3 is 20.1 Å². The second-order valence-electron chi connectivity index (χ2n) is 4.88. The second kappa shape index (κ2) is 7.73. The number of carbonyl (C=O) groups is 1. The minimum Gasteiger partial charge on any atom is -0.495 e. The molecular formula is C14H20Cl2N2O3. The predicted molar refractivity (Wildman–Crippen MR) is 86.0 cm³/mol. The molecule has 0 radical (unpaired) electrons. The van der Waals surface area contributed by atoms with E-state index in [4.69, 9.17) is 21.1 Å². The number of anilines is 1. The summed E-state index contributed by atoms with van der Waals surface area (Å²) in [5.41, 5.74) is 0.558. The molecule has 1 aromatic rings. The smallest absolute Gasteiger partial charge is 0.227 e. The maximum Gasteiger partial charge on any atom is 0.227 e. The number of carbonyl (C=O) groups excluding carboxylic acids is 1. The molecule has 1 amide bonds. The highest BCUT2D eigenvalue weighted by Gasteiger charge is 2.29. The number of ether oxygens (including phenoxy) is 2. The molecule has 0 spiro atoms. The molecule has 1 atom stereocenters. The average molecular weight is 335 g/mol. The summed E-state index contributed by atoms with van der Waals surface area (Å²) in [5.74, 6) is 1.34. The van der Waals surface area contributed by atoms with Crippen LogP contribution >= 0.6 is 24.0 Å². The van der Waals surface area contributed by atoms with E-state index in [1.807, 2.05) is 6.92 Å². The van der Waals surface area contributed by atoms with Crippen molar-refractivity contribution in [2.75, 3.05) is 32.6 Å². The van der Waals surface area contributed by atoms with E-state index in [0.717, 1.165) is 13.1 Å². The molecule has 0 aromatic heterocycles. The maximum absolute atomic E-state index is 12.2. The molecule has 2 rings (SSSR count). The van der Waals surface area contributed by atoms with Crippen molar-refractivity contribution in [1.29, 1.82) is 0 Å². The van der Waals surface area contributed by atoms with Crippen LogP contribution in [0, 0.1) is 11.8 Å². The summed E-state index contributed by atoms with van der Waals surface area (Å²) in [6.07, 6.45) is 0. The molecule has 1 aliphatic rings. The first kappa shape index (κ1) is 17.9. The van der Waals surface area contributed by atoms with Crippen molar-refractivity contribution < 1.29 is 14.3 Å². The Morgan fingerprint density at radius 1 is 1.33 bits per heavy atom. The van der Waals surface area contributed by atoms with E-state index in [1.165, 1.54) is 14.2 Å². The Kier molecular flexibility index (Phi) is 6.58. The molecule has 0 aliphatic carbocycles. The Morgan fingerprint density at radius 3 is 2.43 bits per heavy atom. The lowest BCUT2D eigenvalue weighted by molar-refractivity contribution is -0.121. The summed E-state index contributed by atoms with van der Waals surface area (Å²) in [5, 5.41) is 6.47. The van der Waals surface area contributed by atoms with Crippen molar-refractivity contribution in [3.63, 3.8) is 0 Å². The van der Waals surface area contributed by atoms with Gasteiger partial charge in [0, 0.05) is 12.0 Å². The van der Waals surface area contributed by atoms with Crippen LogP contribution in [0.2, 0.25) is 5.02 Å². The van der Waals surface area contributed by atoms with Crippen LogP contribution in [0.15, 0.2) is 12.1 Å². The molecule has 0 bridgehead atoms. The summed E-state index contributed by atoms with van der Waals surface area (Å²) in [6, 6.07) is 3.30. The SMILES string of the molecule is COc1cc(OC)c(NC(=O)C(C)C2CNC2)cc1Cl.Cl. The van der Waals surface area contributed by atoms with E-state index in [1.54, 1.807) is 12.1 Å². The zero-order chi connectivity index (χ0) is 14.7. The molecule has 2 N–H and O–H groups in total. The first-order valence-corrected chi connectivity index (χ1v) is 6.87. The van der Waals surface area contributed by atoms with Gasteiger partial charge >= 0.3 is 0 Å². The molecule has 1 heterocycles. The average Bonchev–Trinajstić information content (AvgIpc) is 2.37. The van der Waals surface area contributed by atoms with Gasteiger partial charge in [0.05, 0.1) is 24.9 Å². The standard InChI is InChI=1S/C14H19ClN2O3.ClH/c1-8(9-6-16-7-9)14(18)17-11-4-10(15)12(19-2)5-13(11)20-3;/h4-5,8-9,16H,6-7H2,1-3H3,(H,17,18);1H. The zero-order valence-corrected chi connectivity index (χ0v) is 13.8. The number of hydrogen-bond donors (Lipinski definition) is 2. The van der Waals surface area contributed by atoms with Crippen molar-refractivity contribution in [2.24, 2.45) is 11.8 Å². The predicted octanol–water partition coefficient (Wildman–Crippen LogP) is 2.57. The van der Waals surface area contributed by atoms with E-state index in [-0.39, 0.29) is 24.2 Å². The second-order valence-corrected chi connectivity index (χ2v) is 5.29. The monoisotopic (exact) mass is 334 g/mol. The van der Waals surface area contributed by atoms with Gasteiger partial charge in [0.2, 0.25) is 5.91 Å². The van der Waals surface area contributed by atoms with E-state index in [9.17, 15) is 4.79 Å². The largest absolute Gasteiger partial charge is 0.495 e. The van der Waals surface area contributed by atoms with Gasteiger partial charge in [-0.2, -0.15) is 0 Å². The van der Waals surface area contributed by atoms with Crippen LogP contribution in [0.4, 0.5) is 5.69 Å². The van der Waals surface area contributed by atoms with Crippen LogP contribution in [0.3, 0.4) is 0 Å². The lowest BCUT2D eigenvalue weighted by atomic mass is 9.88. The van der Waals surface area contributed by atoms with Gasteiger partial charge in [-0.1, -0.05) is 18.5 Å². The molecule has 21 heavy (non-hydrogen) atoms. The van der Waals surface area contributed by atoms with Crippen molar-refractivity contribution >= 4 is 35.6 Å². The topological polar surface area (TPSA) is 59.6 Å². The quantitative estimate of drug-likeness (QED) is 0.868. The lowest BCUT2D eigenvalue weighted by Crippen LogP contribution is -2.48. The number of rotatable bonds is 5. The molecule has 0 saturated carbocycles. The summed E-state index contributed by atoms with van der Waals surface area (Å²) in [4.78, 5) is 12.2. The lowest BCUT2D eigenvalue weighted by Gasteiger charge is -2.31. The van der Waals surface area contributed by atoms with Gasteiger partial charge in [-0.25, -0.2) is 0 Å². The van der Waals surface area contributed by atoms with E-state index < -0.39 is 0 Å². The third-order valence-corrected chi connectivity index (χ3v) is 3.96. The number of nitrogens with one attached hydrogen (secondary N) is 2. The van der Waals surface area contributed by atoms with Crippen LogP contribution in [-0.4, -0.2) is 33.2 Å². The first-order valence-electron chi connectivity index (χ1n) is 6.50. The molecule has 7 heteroatoms. The van der Waals surface area contributed by atoms with Gasteiger partial charge in [0.1, 0.15) is 11.5 Å². The third kappa shape index (κ3) is 3.93. The van der Waals surface area contributed by atoms with Crippen LogP contribution in [0.5, 0.6) is 11.5 Å². The van der Waals surface area contributed by atoms with Crippen LogP contribution in [-0.2, 0) is 4.79 Å². The normalized spacial score (nSPS) is 15.4. The highest BCUT2D eigenvalue weighted by molar-refractivity contribution is 6.32. The van der Waals surface area contributed by atoms with Crippen molar-refractivity contribution in [3.8, 4) is 11.5 Å². The van der Waals surface area contributed by atoms with Crippen molar-refractivity contribution in [2.45, 2.75) is 6.92 Å². The van der Waals surface area contributed by atoms with Gasteiger partial charge in [-0.05, 0) is 25.1 Å². The summed E-state index contributed by atoms with van der Waals surface area (Å²) in [6.45, 7) is 3.70. The van der Waals surface area contributed by atoms with E-state index in [2.05, 4.69) is 10.6 Å². The summed E-state index contributed by atoms with van der Waals surface area (Å²) in [7, 11) is 3.07. The Bertz CT molecular complexity index is 507. The van der Waals surface area contributed by atoms with Crippen molar-refractivity contribution in [1.82, 2.24) is 5.32 Å². The molecule has 1 aliphatic heterocycles. The molecule has 5 nitrogen and oxygen atoms in total. The van der Waals surface area contributed by atoms with Gasteiger partial charge in [-0.15, -0.1) is 12.4 Å². The Labute approximate surface area is 135 Å². The first-order chi connectivity index (χ1) is 9.56. The maximum atomic E-state index is 12.2. The molecular weight excluding hydrogens is 315 g/mol. The van der Waals surface area contributed by atoms with Gasteiger partial charge in [0.25, 0.3) is 0 Å². The molecule has 1 fully saturated rings. The number of halogens is 2. The number of benzene rings is 1. The minimum atomic E-state index is -0.0539. The van der Waals surface area contributed by atoms with Gasteiger partial charge in [0.15, 0.2) is 0 Å². The van der Waals surface area contributed by atoms with Crippen LogP contribution in [0.1, 0.15) is 6.92 Å². The fraction of sp³-hybridized carbons (Fsp3) is 0.500. The third-order valence-electron chi connectivity index (χ3n) is 3.67. The van der Waals surface area contributed by atoms with Crippen LogP contribution < -0.4 is 20.1 Å². The Hall–Kier alpha value is -1.17. The molecule has 1 aromatic carbocycles. The van der Waals surface area contributed by atoms with E-state index in [0.29, 0.717) is 28.1 Å². The highest BCUT2D eigenvalue weighted by atomic mass is 35.5. The van der Waals surface area contributed by atoms with Crippen LogP contribution in [0.25, 0.3) is 0 Å². The highest BCUT2D eigenvalue weighted by Crippen LogP contribution is 2.36. The van der Waals surface area contributed by atoms with Gasteiger partial charge in [-0.3, -0.25) is 4.79 Å². The number of methoxy groups -OCH3 is 2. The Morgan fingerprint density at radius 2 is 1.95 bits per heavy atom. The molecule has 1 saturated heterocycles. The minimum absolute atomic E-state index is 0. The van der Waals surface area contributed by atoms with E-state index >= 15 is 0 Å². The number of amides is 1.